The first-order valence-electron chi connectivity index (χ1n) is 7.97. The van der Waals surface area contributed by atoms with Crippen molar-refractivity contribution in [3.05, 3.63) is 0 Å². The minimum Gasteiger partial charge on any atom is -0.357 e. The number of hydrogen-bond acceptors (Lipinski definition) is 2. The first kappa shape index (κ1) is 20.0. The third kappa shape index (κ3) is 9.80. The fraction of sp³-hybridized carbons (Fsp3) is 0.933. The number of nitrogens with zero attached hydrogens (tertiary/aromatic N) is 2. The van der Waals surface area contributed by atoms with Crippen molar-refractivity contribution in [2.24, 2.45) is 10.9 Å². The van der Waals surface area contributed by atoms with Crippen LogP contribution in [0.3, 0.4) is 0 Å². The van der Waals surface area contributed by atoms with E-state index in [-0.39, 0.29) is 24.0 Å². The molecule has 1 rings (SSSR count). The predicted molar refractivity (Wildman–Crippen MR) is 99.1 cm³/mol. The molecule has 0 spiro atoms. The van der Waals surface area contributed by atoms with E-state index in [0.29, 0.717) is 0 Å². The van der Waals surface area contributed by atoms with Gasteiger partial charge in [0, 0.05) is 19.6 Å². The molecule has 1 heterocycles. The van der Waals surface area contributed by atoms with E-state index in [9.17, 15) is 0 Å². The molecular formula is C15H33IN4. The number of hydrogen-bond donors (Lipinski definition) is 2. The lowest BCUT2D eigenvalue weighted by atomic mass is 10.1. The largest absolute Gasteiger partial charge is 0.357 e. The van der Waals surface area contributed by atoms with Gasteiger partial charge in [-0.05, 0) is 58.2 Å². The molecule has 0 atom stereocenters. The highest BCUT2D eigenvalue weighted by atomic mass is 127. The molecule has 0 aromatic heterocycles. The summed E-state index contributed by atoms with van der Waals surface area (Å²) in [5.41, 5.74) is 0. The van der Waals surface area contributed by atoms with Crippen molar-refractivity contribution in [2.45, 2.75) is 46.5 Å². The van der Waals surface area contributed by atoms with Crippen LogP contribution in [-0.4, -0.2) is 50.1 Å². The van der Waals surface area contributed by atoms with Gasteiger partial charge >= 0.3 is 0 Å². The Morgan fingerprint density at radius 2 is 1.90 bits per heavy atom. The average Bonchev–Trinajstić information content (AvgIpc) is 2.87. The third-order valence-electron chi connectivity index (χ3n) is 3.46. The molecule has 0 aliphatic carbocycles. The summed E-state index contributed by atoms with van der Waals surface area (Å²) in [5.74, 6) is 1.72. The molecule has 0 radical (unpaired) electrons. The number of aliphatic imine (C=N–C) groups is 1. The van der Waals surface area contributed by atoms with Crippen LogP contribution in [0.5, 0.6) is 0 Å². The first-order valence-corrected chi connectivity index (χ1v) is 7.97. The van der Waals surface area contributed by atoms with Gasteiger partial charge in [0.05, 0.1) is 0 Å². The summed E-state index contributed by atoms with van der Waals surface area (Å²) in [6.07, 6.45) is 5.12. The fourth-order valence-corrected chi connectivity index (χ4v) is 2.31. The second-order valence-electron chi connectivity index (χ2n) is 5.77. The highest BCUT2D eigenvalue weighted by Crippen LogP contribution is 2.07. The Bertz CT molecular complexity index is 250. The van der Waals surface area contributed by atoms with Crippen LogP contribution in [0.25, 0.3) is 0 Å². The summed E-state index contributed by atoms with van der Waals surface area (Å²) < 4.78 is 0. The van der Waals surface area contributed by atoms with Crippen molar-refractivity contribution < 1.29 is 0 Å². The van der Waals surface area contributed by atoms with E-state index in [2.05, 4.69) is 41.3 Å². The summed E-state index contributed by atoms with van der Waals surface area (Å²) in [4.78, 5) is 7.19. The second-order valence-corrected chi connectivity index (χ2v) is 5.77. The fourth-order valence-electron chi connectivity index (χ4n) is 2.31. The number of halogens is 1. The van der Waals surface area contributed by atoms with E-state index >= 15 is 0 Å². The molecule has 120 valence electrons. The van der Waals surface area contributed by atoms with Crippen LogP contribution in [0.1, 0.15) is 46.5 Å². The van der Waals surface area contributed by atoms with Crippen LogP contribution in [0.2, 0.25) is 0 Å². The van der Waals surface area contributed by atoms with Crippen molar-refractivity contribution in [1.29, 1.82) is 0 Å². The molecule has 1 saturated heterocycles. The summed E-state index contributed by atoms with van der Waals surface area (Å²) in [6, 6.07) is 0. The van der Waals surface area contributed by atoms with Crippen molar-refractivity contribution in [3.63, 3.8) is 0 Å². The summed E-state index contributed by atoms with van der Waals surface area (Å²) in [6.45, 7) is 13.3. The molecule has 0 unspecified atom stereocenters. The first-order chi connectivity index (χ1) is 9.22. The van der Waals surface area contributed by atoms with Gasteiger partial charge in [0.15, 0.2) is 5.96 Å². The minimum atomic E-state index is 0. The molecule has 1 aliphatic rings. The quantitative estimate of drug-likeness (QED) is 0.287. The van der Waals surface area contributed by atoms with E-state index in [1.54, 1.807) is 0 Å². The van der Waals surface area contributed by atoms with Crippen LogP contribution >= 0.6 is 24.0 Å². The molecule has 0 aromatic carbocycles. The zero-order chi connectivity index (χ0) is 13.9. The van der Waals surface area contributed by atoms with Crippen molar-refractivity contribution in [3.8, 4) is 0 Å². The number of nitrogens with one attached hydrogen (secondary N) is 2. The van der Waals surface area contributed by atoms with Gasteiger partial charge in [0.25, 0.3) is 0 Å². The molecule has 0 amide bonds. The van der Waals surface area contributed by atoms with E-state index in [1.807, 2.05) is 0 Å². The summed E-state index contributed by atoms with van der Waals surface area (Å²) in [5, 5.41) is 6.72. The normalized spacial score (nSPS) is 16.3. The Balaban J connectivity index is 0.00000361. The van der Waals surface area contributed by atoms with Crippen molar-refractivity contribution in [2.75, 3.05) is 39.3 Å². The molecule has 0 aromatic rings. The lowest BCUT2D eigenvalue weighted by Crippen LogP contribution is -2.38. The lowest BCUT2D eigenvalue weighted by molar-refractivity contribution is 0.336. The van der Waals surface area contributed by atoms with E-state index in [0.717, 1.165) is 31.5 Å². The molecule has 0 bridgehead atoms. The van der Waals surface area contributed by atoms with Crippen molar-refractivity contribution in [1.82, 2.24) is 15.5 Å². The summed E-state index contributed by atoms with van der Waals surface area (Å²) in [7, 11) is 0. The van der Waals surface area contributed by atoms with Gasteiger partial charge in [-0.25, -0.2) is 0 Å². The monoisotopic (exact) mass is 396 g/mol. The van der Waals surface area contributed by atoms with Crippen LogP contribution < -0.4 is 10.6 Å². The second kappa shape index (κ2) is 12.7. The molecule has 5 heteroatoms. The van der Waals surface area contributed by atoms with Gasteiger partial charge in [0.2, 0.25) is 0 Å². The van der Waals surface area contributed by atoms with E-state index in [1.165, 1.54) is 45.3 Å². The Kier molecular flexibility index (Phi) is 12.7. The standard InChI is InChI=1S/C15H32N4.HI/c1-4-16-15(18-10-8-14(2)3)17-9-7-13-19-11-5-6-12-19;/h14H,4-13H2,1-3H3,(H2,16,17,18);1H. The molecule has 1 fully saturated rings. The Labute approximate surface area is 142 Å². The van der Waals surface area contributed by atoms with Gasteiger partial charge in [-0.1, -0.05) is 13.8 Å². The Hall–Kier alpha value is -0.0400. The van der Waals surface area contributed by atoms with Crippen molar-refractivity contribution >= 4 is 29.9 Å². The van der Waals surface area contributed by atoms with Crippen LogP contribution in [0.4, 0.5) is 0 Å². The highest BCUT2D eigenvalue weighted by molar-refractivity contribution is 14.0. The maximum Gasteiger partial charge on any atom is 0.191 e. The van der Waals surface area contributed by atoms with Gasteiger partial charge in [-0.2, -0.15) is 0 Å². The zero-order valence-corrected chi connectivity index (χ0v) is 15.8. The van der Waals surface area contributed by atoms with Crippen LogP contribution in [-0.2, 0) is 0 Å². The zero-order valence-electron chi connectivity index (χ0n) is 13.5. The molecular weight excluding hydrogens is 363 g/mol. The van der Waals surface area contributed by atoms with Gasteiger partial charge in [-0.15, -0.1) is 24.0 Å². The van der Waals surface area contributed by atoms with E-state index < -0.39 is 0 Å². The third-order valence-corrected chi connectivity index (χ3v) is 3.46. The highest BCUT2D eigenvalue weighted by Gasteiger charge is 2.09. The Morgan fingerprint density at radius 1 is 1.20 bits per heavy atom. The molecule has 1 aliphatic heterocycles. The SMILES string of the molecule is CCNC(=NCCCN1CCCC1)NCCC(C)C.I. The van der Waals surface area contributed by atoms with E-state index in [4.69, 9.17) is 0 Å². The lowest BCUT2D eigenvalue weighted by Gasteiger charge is -2.14. The number of rotatable bonds is 8. The smallest absolute Gasteiger partial charge is 0.191 e. The number of likely N-dealkylation sites (tertiary alicyclic amines) is 1. The van der Waals surface area contributed by atoms with Crippen LogP contribution in [0, 0.1) is 5.92 Å². The molecule has 20 heavy (non-hydrogen) atoms. The Morgan fingerprint density at radius 3 is 2.50 bits per heavy atom. The minimum absolute atomic E-state index is 0. The topological polar surface area (TPSA) is 39.7 Å². The van der Waals surface area contributed by atoms with Gasteiger partial charge in [0.1, 0.15) is 0 Å². The predicted octanol–water partition coefficient (Wildman–Crippen LogP) is 2.69. The average molecular weight is 396 g/mol. The molecule has 2 N–H and O–H groups in total. The van der Waals surface area contributed by atoms with Gasteiger partial charge in [-0.3, -0.25) is 4.99 Å². The summed E-state index contributed by atoms with van der Waals surface area (Å²) >= 11 is 0. The maximum atomic E-state index is 4.64. The number of guanidine groups is 1. The maximum absolute atomic E-state index is 4.64. The van der Waals surface area contributed by atoms with Crippen LogP contribution in [0.15, 0.2) is 4.99 Å². The van der Waals surface area contributed by atoms with Gasteiger partial charge < -0.3 is 15.5 Å². The molecule has 4 nitrogen and oxygen atoms in total. The molecule has 0 saturated carbocycles.